The molecular weight excluding hydrogens is 124 g/mol. The summed E-state index contributed by atoms with van der Waals surface area (Å²) in [6.45, 7) is 8.35. The van der Waals surface area contributed by atoms with Gasteiger partial charge in [-0.1, -0.05) is 27.7 Å². The second-order valence-corrected chi connectivity index (χ2v) is 3.43. The summed E-state index contributed by atoms with van der Waals surface area (Å²) in [4.78, 5) is 0. The van der Waals surface area contributed by atoms with E-state index in [-0.39, 0.29) is 6.10 Å². The van der Waals surface area contributed by atoms with E-state index >= 15 is 0 Å². The third-order valence-electron chi connectivity index (χ3n) is 1.77. The summed E-state index contributed by atoms with van der Waals surface area (Å²) in [6.07, 6.45) is 2.74. The maximum absolute atomic E-state index is 9.32. The van der Waals surface area contributed by atoms with Crippen LogP contribution < -0.4 is 0 Å². The zero-order valence-electron chi connectivity index (χ0n) is 7.46. The van der Waals surface area contributed by atoms with Crippen molar-refractivity contribution in [2.75, 3.05) is 0 Å². The molecule has 0 aromatic heterocycles. The summed E-state index contributed by atoms with van der Waals surface area (Å²) >= 11 is 0. The maximum atomic E-state index is 9.32. The summed E-state index contributed by atoms with van der Waals surface area (Å²) < 4.78 is 0. The van der Waals surface area contributed by atoms with E-state index < -0.39 is 0 Å². The van der Waals surface area contributed by atoms with Gasteiger partial charge in [0, 0.05) is 0 Å². The third-order valence-corrected chi connectivity index (χ3v) is 1.77. The Kier molecular flexibility index (Phi) is 4.71. The molecule has 61 valence electrons. The molecular formula is C9H19O. The van der Waals surface area contributed by atoms with Crippen LogP contribution in [0.5, 0.6) is 0 Å². The first-order valence-corrected chi connectivity index (χ1v) is 4.05. The van der Waals surface area contributed by atoms with Crippen LogP contribution >= 0.6 is 0 Å². The fourth-order valence-electron chi connectivity index (χ4n) is 1.21. The normalized spacial score (nSPS) is 17.4. The van der Waals surface area contributed by atoms with Gasteiger partial charge in [-0.2, -0.15) is 0 Å². The molecule has 0 aromatic carbocycles. The summed E-state index contributed by atoms with van der Waals surface area (Å²) in [7, 11) is 0. The minimum atomic E-state index is -0.220. The first-order valence-electron chi connectivity index (χ1n) is 4.05. The molecule has 1 radical (unpaired) electrons. The predicted molar refractivity (Wildman–Crippen MR) is 44.6 cm³/mol. The molecule has 0 aromatic rings. The van der Waals surface area contributed by atoms with E-state index in [1.54, 1.807) is 0 Å². The van der Waals surface area contributed by atoms with E-state index in [9.17, 15) is 5.11 Å². The second kappa shape index (κ2) is 4.73. The molecule has 0 saturated heterocycles. The first-order chi connectivity index (χ1) is 4.57. The van der Waals surface area contributed by atoms with Gasteiger partial charge in [0.15, 0.2) is 0 Å². The maximum Gasteiger partial charge on any atom is 0.0594 e. The number of hydrogen-bond acceptors (Lipinski definition) is 1. The van der Waals surface area contributed by atoms with Crippen molar-refractivity contribution in [3.05, 3.63) is 6.42 Å². The topological polar surface area (TPSA) is 20.2 Å². The van der Waals surface area contributed by atoms with Crippen molar-refractivity contribution in [1.29, 1.82) is 0 Å². The first kappa shape index (κ1) is 9.96. The number of aliphatic hydroxyl groups excluding tert-OH is 1. The number of aliphatic hydroxyl groups is 1. The van der Waals surface area contributed by atoms with E-state index in [1.807, 2.05) is 13.3 Å². The van der Waals surface area contributed by atoms with Crippen molar-refractivity contribution < 1.29 is 5.11 Å². The van der Waals surface area contributed by atoms with E-state index in [0.29, 0.717) is 11.8 Å². The Morgan fingerprint density at radius 3 is 2.10 bits per heavy atom. The van der Waals surface area contributed by atoms with Gasteiger partial charge in [0.1, 0.15) is 0 Å². The van der Waals surface area contributed by atoms with Crippen LogP contribution in [-0.2, 0) is 0 Å². The standard InChI is InChI=1S/C9H19O/c1-5-9(10)8(4)6-7(2)3/h5,7-10H,6H2,1-4H3. The highest BCUT2D eigenvalue weighted by atomic mass is 16.3. The Labute approximate surface area is 64.5 Å². The predicted octanol–water partition coefficient (Wildman–Crippen LogP) is 2.25. The highest BCUT2D eigenvalue weighted by molar-refractivity contribution is 4.75. The van der Waals surface area contributed by atoms with Crippen LogP contribution in [0.4, 0.5) is 0 Å². The van der Waals surface area contributed by atoms with Crippen LogP contribution in [-0.4, -0.2) is 11.2 Å². The lowest BCUT2D eigenvalue weighted by molar-refractivity contribution is 0.134. The van der Waals surface area contributed by atoms with Gasteiger partial charge in [0.05, 0.1) is 6.10 Å². The van der Waals surface area contributed by atoms with E-state index in [4.69, 9.17) is 0 Å². The molecule has 0 fully saturated rings. The van der Waals surface area contributed by atoms with Gasteiger partial charge in [-0.3, -0.25) is 0 Å². The minimum absolute atomic E-state index is 0.220. The molecule has 0 heterocycles. The van der Waals surface area contributed by atoms with Crippen LogP contribution in [0.15, 0.2) is 0 Å². The summed E-state index contributed by atoms with van der Waals surface area (Å²) in [5, 5.41) is 9.32. The van der Waals surface area contributed by atoms with Gasteiger partial charge >= 0.3 is 0 Å². The molecule has 2 atom stereocenters. The zero-order chi connectivity index (χ0) is 8.15. The highest BCUT2D eigenvalue weighted by Crippen LogP contribution is 2.15. The quantitative estimate of drug-likeness (QED) is 0.640. The van der Waals surface area contributed by atoms with Crippen molar-refractivity contribution in [1.82, 2.24) is 0 Å². The van der Waals surface area contributed by atoms with Gasteiger partial charge in [-0.15, -0.1) is 0 Å². The van der Waals surface area contributed by atoms with Gasteiger partial charge in [-0.25, -0.2) is 0 Å². The Hall–Kier alpha value is -0.0400. The second-order valence-electron chi connectivity index (χ2n) is 3.43. The van der Waals surface area contributed by atoms with Crippen LogP contribution in [0, 0.1) is 18.3 Å². The average Bonchev–Trinajstić information content (AvgIpc) is 1.85. The van der Waals surface area contributed by atoms with Crippen LogP contribution in [0.1, 0.15) is 34.1 Å². The number of hydrogen-bond donors (Lipinski definition) is 1. The molecule has 0 saturated carbocycles. The Bertz CT molecular complexity index is 78.8. The largest absolute Gasteiger partial charge is 0.393 e. The Balaban J connectivity index is 3.50. The lowest BCUT2D eigenvalue weighted by atomic mass is 9.93. The monoisotopic (exact) mass is 143 g/mol. The molecule has 1 N–H and O–H groups in total. The third kappa shape index (κ3) is 3.89. The van der Waals surface area contributed by atoms with Crippen molar-refractivity contribution in [3.8, 4) is 0 Å². The molecule has 2 unspecified atom stereocenters. The molecule has 0 spiro atoms. The van der Waals surface area contributed by atoms with E-state index in [0.717, 1.165) is 6.42 Å². The zero-order valence-corrected chi connectivity index (χ0v) is 7.46. The van der Waals surface area contributed by atoms with Crippen molar-refractivity contribution >= 4 is 0 Å². The molecule has 0 aliphatic heterocycles. The van der Waals surface area contributed by atoms with Gasteiger partial charge < -0.3 is 5.11 Å². The lowest BCUT2D eigenvalue weighted by Crippen LogP contribution is -2.18. The smallest absolute Gasteiger partial charge is 0.0594 e. The molecule has 0 bridgehead atoms. The van der Waals surface area contributed by atoms with Gasteiger partial charge in [0.2, 0.25) is 0 Å². The molecule has 0 amide bonds. The molecule has 1 heteroatoms. The fourth-order valence-corrected chi connectivity index (χ4v) is 1.21. The van der Waals surface area contributed by atoms with E-state index in [2.05, 4.69) is 20.8 Å². The average molecular weight is 143 g/mol. The van der Waals surface area contributed by atoms with Crippen molar-refractivity contribution in [2.24, 2.45) is 11.8 Å². The van der Waals surface area contributed by atoms with E-state index in [1.165, 1.54) is 0 Å². The molecule has 0 rings (SSSR count). The Morgan fingerprint density at radius 2 is 1.80 bits per heavy atom. The molecule has 0 aliphatic rings. The Morgan fingerprint density at radius 1 is 1.30 bits per heavy atom. The summed E-state index contributed by atoms with van der Waals surface area (Å²) in [5.74, 6) is 1.09. The van der Waals surface area contributed by atoms with Crippen LogP contribution in [0.2, 0.25) is 0 Å². The van der Waals surface area contributed by atoms with Gasteiger partial charge in [0.25, 0.3) is 0 Å². The van der Waals surface area contributed by atoms with Crippen LogP contribution in [0.3, 0.4) is 0 Å². The highest BCUT2D eigenvalue weighted by Gasteiger charge is 2.12. The van der Waals surface area contributed by atoms with Gasteiger partial charge in [-0.05, 0) is 24.7 Å². The summed E-state index contributed by atoms with van der Waals surface area (Å²) in [6, 6.07) is 0. The molecule has 10 heavy (non-hydrogen) atoms. The SMILES string of the molecule is C[CH]C(O)C(C)CC(C)C. The number of rotatable bonds is 4. The summed E-state index contributed by atoms with van der Waals surface area (Å²) in [5.41, 5.74) is 0. The van der Waals surface area contributed by atoms with Crippen molar-refractivity contribution in [3.63, 3.8) is 0 Å². The van der Waals surface area contributed by atoms with Crippen molar-refractivity contribution in [2.45, 2.75) is 40.2 Å². The minimum Gasteiger partial charge on any atom is -0.393 e. The van der Waals surface area contributed by atoms with Crippen LogP contribution in [0.25, 0.3) is 0 Å². The lowest BCUT2D eigenvalue weighted by Gasteiger charge is -2.18. The fraction of sp³-hybridized carbons (Fsp3) is 0.889. The molecule has 0 aliphatic carbocycles. The molecule has 1 nitrogen and oxygen atoms in total.